The van der Waals surface area contributed by atoms with Crippen molar-refractivity contribution >= 4 is 23.6 Å². The van der Waals surface area contributed by atoms with Crippen LogP contribution in [0.2, 0.25) is 0 Å². The molecular weight excluding hydrogens is 310 g/mol. The summed E-state index contributed by atoms with van der Waals surface area (Å²) in [7, 11) is 0. The van der Waals surface area contributed by atoms with E-state index in [1.165, 1.54) is 42.2 Å². The maximum Gasteiger partial charge on any atom is 0.230 e. The molecule has 0 saturated heterocycles. The zero-order valence-electron chi connectivity index (χ0n) is 13.1. The number of aryl methyl sites for hydroxylation is 2. The summed E-state index contributed by atoms with van der Waals surface area (Å²) in [6, 6.07) is 6.56. The van der Waals surface area contributed by atoms with Crippen molar-refractivity contribution < 1.29 is 4.79 Å². The Morgan fingerprint density at radius 1 is 1.39 bits per heavy atom. The molecule has 0 aliphatic heterocycles. The molecule has 0 fully saturated rings. The van der Waals surface area contributed by atoms with Gasteiger partial charge in [0.05, 0.1) is 11.8 Å². The molecule has 1 atom stereocenters. The van der Waals surface area contributed by atoms with Crippen molar-refractivity contribution in [3.8, 4) is 0 Å². The quantitative estimate of drug-likeness (QED) is 0.730. The van der Waals surface area contributed by atoms with Crippen LogP contribution in [-0.2, 0) is 17.6 Å². The van der Waals surface area contributed by atoms with Gasteiger partial charge in [-0.05, 0) is 49.3 Å². The average molecular weight is 331 g/mol. The molecule has 1 aromatic heterocycles. The van der Waals surface area contributed by atoms with Gasteiger partial charge in [0.1, 0.15) is 0 Å². The monoisotopic (exact) mass is 331 g/mol. The van der Waals surface area contributed by atoms with Crippen molar-refractivity contribution in [3.05, 3.63) is 34.9 Å². The van der Waals surface area contributed by atoms with Crippen LogP contribution in [0.3, 0.4) is 0 Å². The SMILES string of the molecule is C[C@H](NC(=O)CSc1n[nH]c(N)n1)c1ccc2c(c1)CCCC2. The van der Waals surface area contributed by atoms with E-state index >= 15 is 0 Å². The lowest BCUT2D eigenvalue weighted by molar-refractivity contribution is -0.119. The molecule has 0 radical (unpaired) electrons. The summed E-state index contributed by atoms with van der Waals surface area (Å²) < 4.78 is 0. The zero-order chi connectivity index (χ0) is 16.2. The number of amides is 1. The van der Waals surface area contributed by atoms with Gasteiger partial charge in [-0.2, -0.15) is 4.98 Å². The third-order valence-electron chi connectivity index (χ3n) is 4.06. The fraction of sp³-hybridized carbons (Fsp3) is 0.438. The largest absolute Gasteiger partial charge is 0.368 e. The molecule has 2 aromatic rings. The number of hydrogen-bond acceptors (Lipinski definition) is 5. The minimum absolute atomic E-state index is 0.00691. The first-order chi connectivity index (χ1) is 11.1. The molecule has 1 amide bonds. The number of fused-ring (bicyclic) bond motifs is 1. The second-order valence-corrected chi connectivity index (χ2v) is 6.76. The standard InChI is InChI=1S/C16H21N5OS/c1-10(12-7-6-11-4-2-3-5-13(11)8-12)18-14(22)9-23-16-19-15(17)20-21-16/h6-8,10H,2-5,9H2,1H3,(H,18,22)(H3,17,19,20,21)/t10-/m0/s1. The lowest BCUT2D eigenvalue weighted by Crippen LogP contribution is -2.28. The minimum Gasteiger partial charge on any atom is -0.368 e. The maximum absolute atomic E-state index is 12.1. The summed E-state index contributed by atoms with van der Waals surface area (Å²) >= 11 is 1.26. The first-order valence-corrected chi connectivity index (χ1v) is 8.82. The number of aromatic amines is 1. The summed E-state index contributed by atoms with van der Waals surface area (Å²) in [6.07, 6.45) is 4.86. The van der Waals surface area contributed by atoms with Gasteiger partial charge in [0.25, 0.3) is 0 Å². The lowest BCUT2D eigenvalue weighted by atomic mass is 9.89. The Morgan fingerprint density at radius 2 is 2.17 bits per heavy atom. The Morgan fingerprint density at radius 3 is 2.91 bits per heavy atom. The van der Waals surface area contributed by atoms with E-state index in [9.17, 15) is 4.79 Å². The molecule has 1 heterocycles. The number of nitrogens with one attached hydrogen (secondary N) is 2. The predicted molar refractivity (Wildman–Crippen MR) is 91.2 cm³/mol. The van der Waals surface area contributed by atoms with E-state index < -0.39 is 0 Å². The second-order valence-electron chi connectivity index (χ2n) is 5.82. The van der Waals surface area contributed by atoms with Crippen molar-refractivity contribution in [2.45, 2.75) is 43.8 Å². The number of aromatic nitrogens is 3. The molecule has 0 bridgehead atoms. The number of nitrogen functional groups attached to an aromatic ring is 1. The van der Waals surface area contributed by atoms with Gasteiger partial charge in [-0.1, -0.05) is 30.0 Å². The third kappa shape index (κ3) is 4.04. The van der Waals surface area contributed by atoms with Crippen LogP contribution in [0.25, 0.3) is 0 Å². The van der Waals surface area contributed by atoms with Crippen LogP contribution in [0, 0.1) is 0 Å². The van der Waals surface area contributed by atoms with Crippen LogP contribution >= 0.6 is 11.8 Å². The highest BCUT2D eigenvalue weighted by Crippen LogP contribution is 2.25. The number of thioether (sulfide) groups is 1. The molecule has 1 aliphatic rings. The van der Waals surface area contributed by atoms with Gasteiger partial charge in [0, 0.05) is 0 Å². The Kier molecular flexibility index (Phi) is 4.85. The molecule has 1 aromatic carbocycles. The van der Waals surface area contributed by atoms with Crippen LogP contribution in [0.5, 0.6) is 0 Å². The normalized spacial score (nSPS) is 15.0. The summed E-state index contributed by atoms with van der Waals surface area (Å²) in [4.78, 5) is 16.0. The third-order valence-corrected chi connectivity index (χ3v) is 4.91. The summed E-state index contributed by atoms with van der Waals surface area (Å²) in [5.41, 5.74) is 9.50. The first-order valence-electron chi connectivity index (χ1n) is 7.83. The molecule has 0 spiro atoms. The van der Waals surface area contributed by atoms with Crippen LogP contribution < -0.4 is 11.1 Å². The van der Waals surface area contributed by atoms with E-state index in [-0.39, 0.29) is 23.7 Å². The average Bonchev–Trinajstić information content (AvgIpc) is 2.98. The maximum atomic E-state index is 12.1. The number of nitrogens with zero attached hydrogens (tertiary/aromatic N) is 2. The molecule has 4 N–H and O–H groups in total. The van der Waals surface area contributed by atoms with E-state index in [0.717, 1.165) is 12.0 Å². The molecule has 0 saturated carbocycles. The van der Waals surface area contributed by atoms with Gasteiger partial charge in [0.15, 0.2) is 0 Å². The molecule has 122 valence electrons. The highest BCUT2D eigenvalue weighted by atomic mass is 32.2. The van der Waals surface area contributed by atoms with Gasteiger partial charge in [-0.3, -0.25) is 4.79 Å². The van der Waals surface area contributed by atoms with Crippen LogP contribution in [0.1, 0.15) is 42.5 Å². The Labute approximate surface area is 139 Å². The molecule has 1 aliphatic carbocycles. The number of H-pyrrole nitrogens is 1. The number of rotatable bonds is 5. The molecule has 0 unspecified atom stereocenters. The van der Waals surface area contributed by atoms with Gasteiger partial charge in [-0.25, -0.2) is 5.10 Å². The van der Waals surface area contributed by atoms with E-state index in [1.54, 1.807) is 0 Å². The lowest BCUT2D eigenvalue weighted by Gasteiger charge is -2.20. The Hall–Kier alpha value is -2.02. The molecule has 6 nitrogen and oxygen atoms in total. The molecular formula is C16H21N5OS. The van der Waals surface area contributed by atoms with Crippen molar-refractivity contribution in [1.29, 1.82) is 0 Å². The smallest absolute Gasteiger partial charge is 0.230 e. The van der Waals surface area contributed by atoms with E-state index in [4.69, 9.17) is 5.73 Å². The summed E-state index contributed by atoms with van der Waals surface area (Å²) in [6.45, 7) is 2.01. The number of carbonyl (C=O) groups excluding carboxylic acids is 1. The van der Waals surface area contributed by atoms with Gasteiger partial charge in [-0.15, -0.1) is 5.10 Å². The van der Waals surface area contributed by atoms with Crippen molar-refractivity contribution in [1.82, 2.24) is 20.5 Å². The van der Waals surface area contributed by atoms with Gasteiger partial charge in [0.2, 0.25) is 17.0 Å². The molecule has 7 heteroatoms. The van der Waals surface area contributed by atoms with Crippen LogP contribution in [-0.4, -0.2) is 26.8 Å². The first kappa shape index (κ1) is 15.9. The summed E-state index contributed by atoms with van der Waals surface area (Å²) in [5, 5.41) is 9.96. The predicted octanol–water partition coefficient (Wildman–Crippen LogP) is 2.24. The molecule has 3 rings (SSSR count). The van der Waals surface area contributed by atoms with Crippen LogP contribution in [0.15, 0.2) is 23.4 Å². The van der Waals surface area contributed by atoms with Crippen molar-refractivity contribution in [2.75, 3.05) is 11.5 Å². The number of benzene rings is 1. The number of carbonyl (C=O) groups is 1. The Balaban J connectivity index is 1.55. The number of nitrogens with two attached hydrogens (primary N) is 1. The fourth-order valence-corrected chi connectivity index (χ4v) is 3.46. The van der Waals surface area contributed by atoms with Gasteiger partial charge < -0.3 is 11.1 Å². The summed E-state index contributed by atoms with van der Waals surface area (Å²) in [5.74, 6) is 0.492. The highest BCUT2D eigenvalue weighted by molar-refractivity contribution is 7.99. The van der Waals surface area contributed by atoms with Gasteiger partial charge >= 0.3 is 0 Å². The van der Waals surface area contributed by atoms with E-state index in [0.29, 0.717) is 5.16 Å². The van der Waals surface area contributed by atoms with Crippen molar-refractivity contribution in [3.63, 3.8) is 0 Å². The van der Waals surface area contributed by atoms with E-state index in [1.807, 2.05) is 6.92 Å². The van der Waals surface area contributed by atoms with Crippen LogP contribution in [0.4, 0.5) is 5.95 Å². The topological polar surface area (TPSA) is 96.7 Å². The number of anilines is 1. The van der Waals surface area contributed by atoms with Crippen molar-refractivity contribution in [2.24, 2.45) is 0 Å². The zero-order valence-corrected chi connectivity index (χ0v) is 13.9. The molecule has 23 heavy (non-hydrogen) atoms. The second kappa shape index (κ2) is 7.04. The highest BCUT2D eigenvalue weighted by Gasteiger charge is 2.14. The fourth-order valence-electron chi connectivity index (χ4n) is 2.84. The Bertz CT molecular complexity index is 700. The number of hydrogen-bond donors (Lipinski definition) is 3. The van der Waals surface area contributed by atoms with E-state index in [2.05, 4.69) is 38.7 Å². The minimum atomic E-state index is -0.0383.